The smallest absolute Gasteiger partial charge is 0.319 e. The van der Waals surface area contributed by atoms with E-state index in [1.165, 1.54) is 25.7 Å². The standard InChI is InChI=1S/C15H28N2O3/c1-12(2)17(10-6-9-14(18)19)15(20)16(3)11-13-7-4-5-8-13/h12-13H,4-11H2,1-3H3,(H,18,19). The number of carboxylic acids is 1. The van der Waals surface area contributed by atoms with Crippen LogP contribution in [-0.4, -0.2) is 53.1 Å². The summed E-state index contributed by atoms with van der Waals surface area (Å²) in [4.78, 5) is 26.6. The Morgan fingerprint density at radius 3 is 2.35 bits per heavy atom. The minimum absolute atomic E-state index is 0.0253. The number of carboxylic acid groups (broad SMARTS) is 1. The Hall–Kier alpha value is -1.26. The van der Waals surface area contributed by atoms with Crippen molar-refractivity contribution in [3.63, 3.8) is 0 Å². The summed E-state index contributed by atoms with van der Waals surface area (Å²) in [5.41, 5.74) is 0. The predicted octanol–water partition coefficient (Wildman–Crippen LogP) is 2.80. The number of hydrogen-bond donors (Lipinski definition) is 1. The molecule has 1 rings (SSSR count). The van der Waals surface area contributed by atoms with Gasteiger partial charge < -0.3 is 14.9 Å². The van der Waals surface area contributed by atoms with E-state index in [4.69, 9.17) is 5.11 Å². The highest BCUT2D eigenvalue weighted by atomic mass is 16.4. The van der Waals surface area contributed by atoms with Gasteiger partial charge in [0, 0.05) is 32.6 Å². The van der Waals surface area contributed by atoms with Crippen LogP contribution in [0.4, 0.5) is 4.79 Å². The molecule has 0 unspecified atom stereocenters. The van der Waals surface area contributed by atoms with Crippen molar-refractivity contribution in [1.82, 2.24) is 9.80 Å². The molecule has 116 valence electrons. The Morgan fingerprint density at radius 2 is 1.85 bits per heavy atom. The first-order valence-electron chi connectivity index (χ1n) is 7.65. The van der Waals surface area contributed by atoms with Crippen molar-refractivity contribution in [3.8, 4) is 0 Å². The number of rotatable bonds is 7. The Balaban J connectivity index is 2.46. The van der Waals surface area contributed by atoms with E-state index in [9.17, 15) is 9.59 Å². The van der Waals surface area contributed by atoms with Crippen LogP contribution in [0.25, 0.3) is 0 Å². The Labute approximate surface area is 121 Å². The molecule has 1 aliphatic carbocycles. The zero-order chi connectivity index (χ0) is 15.1. The lowest BCUT2D eigenvalue weighted by Crippen LogP contribution is -2.46. The van der Waals surface area contributed by atoms with Crippen LogP contribution in [0.15, 0.2) is 0 Å². The second kappa shape index (κ2) is 8.12. The van der Waals surface area contributed by atoms with E-state index in [2.05, 4.69) is 0 Å². The maximum atomic E-state index is 12.5. The van der Waals surface area contributed by atoms with Crippen LogP contribution in [0.3, 0.4) is 0 Å². The van der Waals surface area contributed by atoms with Gasteiger partial charge in [-0.3, -0.25) is 4.79 Å². The normalized spacial score (nSPS) is 15.6. The van der Waals surface area contributed by atoms with Crippen LogP contribution in [0.1, 0.15) is 52.4 Å². The second-order valence-electron chi connectivity index (χ2n) is 6.10. The van der Waals surface area contributed by atoms with Crippen molar-refractivity contribution >= 4 is 12.0 Å². The van der Waals surface area contributed by atoms with Crippen LogP contribution in [0, 0.1) is 5.92 Å². The Kier molecular flexibility index (Phi) is 6.82. The Bertz CT molecular complexity index is 325. The van der Waals surface area contributed by atoms with E-state index in [-0.39, 0.29) is 18.5 Å². The van der Waals surface area contributed by atoms with E-state index >= 15 is 0 Å². The number of amides is 2. The lowest BCUT2D eigenvalue weighted by molar-refractivity contribution is -0.137. The third kappa shape index (κ3) is 5.39. The first-order valence-corrected chi connectivity index (χ1v) is 7.65. The number of urea groups is 1. The molecule has 0 bridgehead atoms. The van der Waals surface area contributed by atoms with Gasteiger partial charge in [-0.25, -0.2) is 4.79 Å². The van der Waals surface area contributed by atoms with Crippen LogP contribution in [0.2, 0.25) is 0 Å². The van der Waals surface area contributed by atoms with Gasteiger partial charge in [-0.2, -0.15) is 0 Å². The summed E-state index contributed by atoms with van der Waals surface area (Å²) in [7, 11) is 1.85. The highest BCUT2D eigenvalue weighted by Gasteiger charge is 2.24. The van der Waals surface area contributed by atoms with Crippen LogP contribution >= 0.6 is 0 Å². The fourth-order valence-electron chi connectivity index (χ4n) is 2.85. The van der Waals surface area contributed by atoms with Gasteiger partial charge in [0.25, 0.3) is 0 Å². The van der Waals surface area contributed by atoms with Crippen molar-refractivity contribution in [2.45, 2.75) is 58.4 Å². The molecule has 0 aromatic rings. The van der Waals surface area contributed by atoms with Crippen molar-refractivity contribution in [2.75, 3.05) is 20.1 Å². The van der Waals surface area contributed by atoms with Crippen LogP contribution in [-0.2, 0) is 4.79 Å². The van der Waals surface area contributed by atoms with E-state index in [1.54, 1.807) is 9.80 Å². The van der Waals surface area contributed by atoms with Crippen molar-refractivity contribution < 1.29 is 14.7 Å². The summed E-state index contributed by atoms with van der Waals surface area (Å²) in [6.07, 6.45) is 5.62. The predicted molar refractivity (Wildman–Crippen MR) is 78.7 cm³/mol. The maximum Gasteiger partial charge on any atom is 0.319 e. The molecule has 0 saturated heterocycles. The van der Waals surface area contributed by atoms with E-state index in [1.807, 2.05) is 20.9 Å². The van der Waals surface area contributed by atoms with Crippen molar-refractivity contribution in [3.05, 3.63) is 0 Å². The lowest BCUT2D eigenvalue weighted by Gasteiger charge is -2.32. The average Bonchev–Trinajstić information content (AvgIpc) is 2.85. The van der Waals surface area contributed by atoms with Crippen molar-refractivity contribution in [2.24, 2.45) is 5.92 Å². The first-order chi connectivity index (χ1) is 9.41. The highest BCUT2D eigenvalue weighted by molar-refractivity contribution is 5.74. The second-order valence-corrected chi connectivity index (χ2v) is 6.10. The van der Waals surface area contributed by atoms with Crippen molar-refractivity contribution in [1.29, 1.82) is 0 Å². The third-order valence-electron chi connectivity index (χ3n) is 3.99. The number of carbonyl (C=O) groups excluding carboxylic acids is 1. The zero-order valence-corrected chi connectivity index (χ0v) is 13.0. The van der Waals surface area contributed by atoms with Gasteiger partial charge in [0.2, 0.25) is 0 Å². The molecule has 0 heterocycles. The lowest BCUT2D eigenvalue weighted by atomic mass is 10.1. The summed E-state index contributed by atoms with van der Waals surface area (Å²) in [6, 6.07) is 0.125. The molecule has 20 heavy (non-hydrogen) atoms. The monoisotopic (exact) mass is 284 g/mol. The molecule has 1 fully saturated rings. The van der Waals surface area contributed by atoms with E-state index in [0.29, 0.717) is 18.9 Å². The minimum atomic E-state index is -0.805. The molecule has 5 heteroatoms. The van der Waals surface area contributed by atoms with Gasteiger partial charge in [0.05, 0.1) is 0 Å². The summed E-state index contributed by atoms with van der Waals surface area (Å²) < 4.78 is 0. The summed E-state index contributed by atoms with van der Waals surface area (Å²) >= 11 is 0. The molecule has 0 aromatic heterocycles. The zero-order valence-electron chi connectivity index (χ0n) is 13.0. The number of aliphatic carboxylic acids is 1. The first kappa shape index (κ1) is 16.8. The van der Waals surface area contributed by atoms with E-state index in [0.717, 1.165) is 6.54 Å². The molecule has 1 aliphatic rings. The SMILES string of the molecule is CC(C)N(CCCC(=O)O)C(=O)N(C)CC1CCCC1. The largest absolute Gasteiger partial charge is 0.481 e. The van der Waals surface area contributed by atoms with Crippen LogP contribution < -0.4 is 0 Å². The molecular weight excluding hydrogens is 256 g/mol. The molecule has 1 saturated carbocycles. The minimum Gasteiger partial charge on any atom is -0.481 e. The fourth-order valence-corrected chi connectivity index (χ4v) is 2.85. The molecule has 0 atom stereocenters. The molecule has 1 N–H and O–H groups in total. The van der Waals surface area contributed by atoms with Gasteiger partial charge in [-0.05, 0) is 39.0 Å². The number of hydrogen-bond acceptors (Lipinski definition) is 2. The quantitative estimate of drug-likeness (QED) is 0.782. The van der Waals surface area contributed by atoms with Gasteiger partial charge >= 0.3 is 12.0 Å². The topological polar surface area (TPSA) is 60.9 Å². The maximum absolute atomic E-state index is 12.5. The highest BCUT2D eigenvalue weighted by Crippen LogP contribution is 2.25. The number of carbonyl (C=O) groups is 2. The van der Waals surface area contributed by atoms with Crippen LogP contribution in [0.5, 0.6) is 0 Å². The fraction of sp³-hybridized carbons (Fsp3) is 0.867. The molecule has 5 nitrogen and oxygen atoms in total. The average molecular weight is 284 g/mol. The third-order valence-corrected chi connectivity index (χ3v) is 3.99. The number of nitrogens with zero attached hydrogens (tertiary/aromatic N) is 2. The molecule has 0 aromatic carbocycles. The molecule has 0 spiro atoms. The molecule has 0 aliphatic heterocycles. The van der Waals surface area contributed by atoms with Gasteiger partial charge in [-0.1, -0.05) is 12.8 Å². The van der Waals surface area contributed by atoms with Gasteiger partial charge in [0.1, 0.15) is 0 Å². The van der Waals surface area contributed by atoms with Gasteiger partial charge in [0.15, 0.2) is 0 Å². The summed E-state index contributed by atoms with van der Waals surface area (Å²) in [5.74, 6) is -0.169. The summed E-state index contributed by atoms with van der Waals surface area (Å²) in [6.45, 7) is 5.28. The molecular formula is C15H28N2O3. The molecule has 2 amide bonds. The van der Waals surface area contributed by atoms with E-state index < -0.39 is 5.97 Å². The summed E-state index contributed by atoms with van der Waals surface area (Å²) in [5, 5.41) is 8.69. The van der Waals surface area contributed by atoms with Gasteiger partial charge in [-0.15, -0.1) is 0 Å². The molecule has 0 radical (unpaired) electrons. The Morgan fingerprint density at radius 1 is 1.25 bits per heavy atom.